The minimum Gasteiger partial charge on any atom is -0.406 e. The molecule has 7 heteroatoms. The molecule has 0 spiro atoms. The molecule has 0 bridgehead atoms. The first-order valence-electron chi connectivity index (χ1n) is 5.27. The standard InChI is InChI=1S/C13H6Cl3F3O/c14-9-2-1-3-10(15)12(9)8-5-4-7(6-11(8)16)20-13(17,18)19/h1-6H. The zero-order chi connectivity index (χ0) is 14.9. The van der Waals surface area contributed by atoms with E-state index < -0.39 is 12.1 Å². The van der Waals surface area contributed by atoms with E-state index in [1.54, 1.807) is 18.2 Å². The van der Waals surface area contributed by atoms with E-state index in [0.29, 0.717) is 21.2 Å². The summed E-state index contributed by atoms with van der Waals surface area (Å²) in [5.74, 6) is -0.408. The van der Waals surface area contributed by atoms with Crippen molar-refractivity contribution in [2.75, 3.05) is 0 Å². The smallest absolute Gasteiger partial charge is 0.406 e. The zero-order valence-electron chi connectivity index (χ0n) is 9.64. The van der Waals surface area contributed by atoms with Crippen LogP contribution in [0.3, 0.4) is 0 Å². The molecule has 0 aliphatic rings. The molecule has 2 rings (SSSR count). The first-order valence-corrected chi connectivity index (χ1v) is 6.41. The Morgan fingerprint density at radius 2 is 1.45 bits per heavy atom. The predicted molar refractivity (Wildman–Crippen MR) is 73.6 cm³/mol. The van der Waals surface area contributed by atoms with Crippen molar-refractivity contribution >= 4 is 34.8 Å². The van der Waals surface area contributed by atoms with Gasteiger partial charge in [0, 0.05) is 21.2 Å². The van der Waals surface area contributed by atoms with Crippen molar-refractivity contribution in [1.82, 2.24) is 0 Å². The lowest BCUT2D eigenvalue weighted by molar-refractivity contribution is -0.274. The van der Waals surface area contributed by atoms with E-state index in [0.717, 1.165) is 12.1 Å². The van der Waals surface area contributed by atoms with Gasteiger partial charge in [0.2, 0.25) is 0 Å². The van der Waals surface area contributed by atoms with Crippen molar-refractivity contribution in [1.29, 1.82) is 0 Å². The summed E-state index contributed by atoms with van der Waals surface area (Å²) in [4.78, 5) is 0. The van der Waals surface area contributed by atoms with Gasteiger partial charge in [0.15, 0.2) is 0 Å². The van der Waals surface area contributed by atoms with Crippen LogP contribution < -0.4 is 4.74 Å². The lowest BCUT2D eigenvalue weighted by Gasteiger charge is -2.12. The van der Waals surface area contributed by atoms with Crippen LogP contribution in [0.2, 0.25) is 15.1 Å². The molecular formula is C13H6Cl3F3O. The normalized spacial score (nSPS) is 11.5. The van der Waals surface area contributed by atoms with Crippen LogP contribution in [-0.4, -0.2) is 6.36 Å². The summed E-state index contributed by atoms with van der Waals surface area (Å²) < 4.78 is 40.1. The fourth-order valence-corrected chi connectivity index (χ4v) is 2.52. The van der Waals surface area contributed by atoms with E-state index in [1.807, 2.05) is 0 Å². The maximum Gasteiger partial charge on any atom is 0.573 e. The van der Waals surface area contributed by atoms with Gasteiger partial charge in [0.1, 0.15) is 5.75 Å². The fraction of sp³-hybridized carbons (Fsp3) is 0.0769. The largest absolute Gasteiger partial charge is 0.573 e. The quantitative estimate of drug-likeness (QED) is 0.631. The van der Waals surface area contributed by atoms with Gasteiger partial charge in [0.05, 0.1) is 5.02 Å². The molecular weight excluding hydrogens is 335 g/mol. The maximum atomic E-state index is 12.1. The second-order valence-corrected chi connectivity index (χ2v) is 5.01. The molecule has 1 nitrogen and oxygen atoms in total. The Hall–Kier alpha value is -1.10. The van der Waals surface area contributed by atoms with Crippen LogP contribution in [0.5, 0.6) is 5.75 Å². The number of alkyl halides is 3. The molecule has 0 aliphatic heterocycles. The monoisotopic (exact) mass is 340 g/mol. The second-order valence-electron chi connectivity index (χ2n) is 3.79. The molecule has 106 valence electrons. The minimum absolute atomic E-state index is 0.0572. The molecule has 0 saturated heterocycles. The highest BCUT2D eigenvalue weighted by molar-refractivity contribution is 6.41. The Labute approximate surface area is 127 Å². The number of hydrogen-bond acceptors (Lipinski definition) is 1. The fourth-order valence-electron chi connectivity index (χ4n) is 1.65. The molecule has 0 amide bonds. The Morgan fingerprint density at radius 3 is 1.95 bits per heavy atom. The molecule has 0 heterocycles. The van der Waals surface area contributed by atoms with Gasteiger partial charge in [-0.3, -0.25) is 0 Å². The molecule has 20 heavy (non-hydrogen) atoms. The van der Waals surface area contributed by atoms with E-state index >= 15 is 0 Å². The van der Waals surface area contributed by atoms with Gasteiger partial charge in [-0.15, -0.1) is 13.2 Å². The van der Waals surface area contributed by atoms with Gasteiger partial charge in [-0.1, -0.05) is 40.9 Å². The Balaban J connectivity index is 2.45. The van der Waals surface area contributed by atoms with E-state index in [2.05, 4.69) is 4.74 Å². The molecule has 0 fully saturated rings. The van der Waals surface area contributed by atoms with Crippen molar-refractivity contribution in [3.8, 4) is 16.9 Å². The molecule has 0 saturated carbocycles. The SMILES string of the molecule is FC(F)(F)Oc1ccc(-c2c(Cl)cccc2Cl)c(Cl)c1. The van der Waals surface area contributed by atoms with Crippen molar-refractivity contribution in [3.63, 3.8) is 0 Å². The summed E-state index contributed by atoms with van der Waals surface area (Å²) >= 11 is 18.0. The summed E-state index contributed by atoms with van der Waals surface area (Å²) in [6.07, 6.45) is -4.77. The maximum absolute atomic E-state index is 12.1. The van der Waals surface area contributed by atoms with E-state index in [4.69, 9.17) is 34.8 Å². The van der Waals surface area contributed by atoms with Gasteiger partial charge >= 0.3 is 6.36 Å². The lowest BCUT2D eigenvalue weighted by Crippen LogP contribution is -2.17. The van der Waals surface area contributed by atoms with Crippen LogP contribution in [0, 0.1) is 0 Å². The number of ether oxygens (including phenoxy) is 1. The van der Waals surface area contributed by atoms with Crippen LogP contribution in [-0.2, 0) is 0 Å². The van der Waals surface area contributed by atoms with Crippen molar-refractivity contribution in [2.45, 2.75) is 6.36 Å². The molecule has 0 N–H and O–H groups in total. The molecule has 0 aromatic heterocycles. The van der Waals surface area contributed by atoms with Gasteiger partial charge < -0.3 is 4.74 Å². The van der Waals surface area contributed by atoms with Crippen LogP contribution in [0.25, 0.3) is 11.1 Å². The van der Waals surface area contributed by atoms with E-state index in [1.165, 1.54) is 6.07 Å². The highest BCUT2D eigenvalue weighted by Crippen LogP contribution is 2.40. The Morgan fingerprint density at radius 1 is 0.850 bits per heavy atom. The van der Waals surface area contributed by atoms with E-state index in [-0.39, 0.29) is 5.02 Å². The van der Waals surface area contributed by atoms with E-state index in [9.17, 15) is 13.2 Å². The van der Waals surface area contributed by atoms with Gasteiger partial charge in [-0.05, 0) is 30.3 Å². The summed E-state index contributed by atoms with van der Waals surface area (Å²) in [6, 6.07) is 8.45. The second kappa shape index (κ2) is 5.72. The lowest BCUT2D eigenvalue weighted by atomic mass is 10.1. The topological polar surface area (TPSA) is 9.23 Å². The van der Waals surface area contributed by atoms with Crippen molar-refractivity contribution in [2.24, 2.45) is 0 Å². The first kappa shape index (κ1) is 15.3. The highest BCUT2D eigenvalue weighted by Gasteiger charge is 2.31. The average molecular weight is 342 g/mol. The third kappa shape index (κ3) is 3.51. The molecule has 0 aliphatic carbocycles. The van der Waals surface area contributed by atoms with Crippen molar-refractivity contribution in [3.05, 3.63) is 51.5 Å². The average Bonchev–Trinajstić information content (AvgIpc) is 2.29. The predicted octanol–water partition coefficient (Wildman–Crippen LogP) is 6.21. The van der Waals surface area contributed by atoms with Gasteiger partial charge in [0.25, 0.3) is 0 Å². The van der Waals surface area contributed by atoms with Crippen LogP contribution in [0.1, 0.15) is 0 Å². The zero-order valence-corrected chi connectivity index (χ0v) is 11.9. The Kier molecular flexibility index (Phi) is 4.37. The minimum atomic E-state index is -4.77. The number of benzene rings is 2. The molecule has 2 aromatic rings. The Bertz CT molecular complexity index is 621. The molecule has 0 unspecified atom stereocenters. The first-order chi connectivity index (χ1) is 9.28. The number of hydrogen-bond donors (Lipinski definition) is 0. The third-order valence-electron chi connectivity index (χ3n) is 2.41. The summed E-state index contributed by atoms with van der Waals surface area (Å²) in [7, 11) is 0. The van der Waals surface area contributed by atoms with Crippen molar-refractivity contribution < 1.29 is 17.9 Å². The molecule has 2 aromatic carbocycles. The number of halogens is 6. The van der Waals surface area contributed by atoms with Crippen LogP contribution in [0.4, 0.5) is 13.2 Å². The van der Waals surface area contributed by atoms with Gasteiger partial charge in [-0.2, -0.15) is 0 Å². The molecule has 0 atom stereocenters. The summed E-state index contributed by atoms with van der Waals surface area (Å²) in [5.41, 5.74) is 0.885. The highest BCUT2D eigenvalue weighted by atomic mass is 35.5. The number of rotatable bonds is 2. The summed E-state index contributed by atoms with van der Waals surface area (Å²) in [6.45, 7) is 0. The summed E-state index contributed by atoms with van der Waals surface area (Å²) in [5, 5.41) is 0.759. The third-order valence-corrected chi connectivity index (χ3v) is 3.35. The van der Waals surface area contributed by atoms with Crippen LogP contribution in [0.15, 0.2) is 36.4 Å². The van der Waals surface area contributed by atoms with Gasteiger partial charge in [-0.25, -0.2) is 0 Å². The molecule has 0 radical (unpaired) electrons. The van der Waals surface area contributed by atoms with Crippen LogP contribution >= 0.6 is 34.8 Å².